The van der Waals surface area contributed by atoms with Crippen LogP contribution in [0, 0.1) is 6.92 Å². The largest absolute Gasteiger partial charge is 0.327 e. The fourth-order valence-corrected chi connectivity index (χ4v) is 1.94. The molecule has 0 bridgehead atoms. The van der Waals surface area contributed by atoms with Gasteiger partial charge in [-0.15, -0.1) is 11.3 Å². The molecule has 0 aliphatic rings. The zero-order chi connectivity index (χ0) is 11.3. The molecular weight excluding hydrogens is 204 g/mol. The Bertz CT molecular complexity index is 400. The molecular formula is C12H16N2S. The Balaban J connectivity index is 3.00. The number of rotatable bonds is 4. The van der Waals surface area contributed by atoms with Gasteiger partial charge in [0.05, 0.1) is 16.1 Å². The standard InChI is InChI=1S/C12H16N2S/c1-4-11(6-5-9(2)7-13)12-10(3)14-8-15-12/h4-6,8H,1,7,13H2,2-3H3/b9-5+,11-6+. The lowest BCUT2D eigenvalue weighted by molar-refractivity contribution is 1.14. The highest BCUT2D eigenvalue weighted by molar-refractivity contribution is 7.11. The molecule has 0 atom stereocenters. The van der Waals surface area contributed by atoms with Crippen molar-refractivity contribution in [3.8, 4) is 0 Å². The zero-order valence-electron chi connectivity index (χ0n) is 9.16. The Morgan fingerprint density at radius 2 is 2.33 bits per heavy atom. The van der Waals surface area contributed by atoms with Gasteiger partial charge < -0.3 is 5.73 Å². The van der Waals surface area contributed by atoms with Crippen LogP contribution < -0.4 is 5.73 Å². The van der Waals surface area contributed by atoms with Crippen molar-refractivity contribution < 1.29 is 0 Å². The van der Waals surface area contributed by atoms with Crippen LogP contribution in [0.4, 0.5) is 0 Å². The Hall–Kier alpha value is -1.19. The van der Waals surface area contributed by atoms with Gasteiger partial charge in [-0.1, -0.05) is 30.4 Å². The normalized spacial score (nSPS) is 13.0. The summed E-state index contributed by atoms with van der Waals surface area (Å²) in [7, 11) is 0. The first-order valence-electron chi connectivity index (χ1n) is 4.79. The molecule has 2 N–H and O–H groups in total. The van der Waals surface area contributed by atoms with Crippen LogP contribution in [-0.4, -0.2) is 11.5 Å². The van der Waals surface area contributed by atoms with E-state index >= 15 is 0 Å². The van der Waals surface area contributed by atoms with Crippen molar-refractivity contribution in [1.29, 1.82) is 0 Å². The highest BCUT2D eigenvalue weighted by Crippen LogP contribution is 2.23. The topological polar surface area (TPSA) is 38.9 Å². The zero-order valence-corrected chi connectivity index (χ0v) is 9.97. The molecule has 15 heavy (non-hydrogen) atoms. The maximum absolute atomic E-state index is 5.52. The van der Waals surface area contributed by atoms with Gasteiger partial charge >= 0.3 is 0 Å². The molecule has 0 saturated carbocycles. The van der Waals surface area contributed by atoms with Gasteiger partial charge in [0.25, 0.3) is 0 Å². The van der Waals surface area contributed by atoms with Crippen molar-refractivity contribution in [2.45, 2.75) is 13.8 Å². The first-order chi connectivity index (χ1) is 7.19. The lowest BCUT2D eigenvalue weighted by Gasteiger charge is -1.98. The van der Waals surface area contributed by atoms with E-state index in [9.17, 15) is 0 Å². The summed E-state index contributed by atoms with van der Waals surface area (Å²) in [6.45, 7) is 8.41. The van der Waals surface area contributed by atoms with Gasteiger partial charge in [-0.2, -0.15) is 0 Å². The first-order valence-corrected chi connectivity index (χ1v) is 5.67. The van der Waals surface area contributed by atoms with Gasteiger partial charge in [0.15, 0.2) is 0 Å². The molecule has 0 aliphatic carbocycles. The predicted octanol–water partition coefficient (Wildman–Crippen LogP) is 2.93. The summed E-state index contributed by atoms with van der Waals surface area (Å²) in [5.74, 6) is 0. The molecule has 3 heteroatoms. The fraction of sp³-hybridized carbons (Fsp3) is 0.250. The summed E-state index contributed by atoms with van der Waals surface area (Å²) in [5, 5.41) is 0. The summed E-state index contributed by atoms with van der Waals surface area (Å²) in [6, 6.07) is 0. The molecule has 1 rings (SSSR count). The van der Waals surface area contributed by atoms with Crippen LogP contribution in [0.5, 0.6) is 0 Å². The van der Waals surface area contributed by atoms with Gasteiger partial charge in [-0.05, 0) is 19.4 Å². The van der Waals surface area contributed by atoms with E-state index in [-0.39, 0.29) is 0 Å². The van der Waals surface area contributed by atoms with Crippen LogP contribution in [0.1, 0.15) is 17.5 Å². The van der Waals surface area contributed by atoms with Crippen molar-refractivity contribution in [1.82, 2.24) is 4.98 Å². The molecule has 0 aliphatic heterocycles. The Labute approximate surface area is 94.8 Å². The Morgan fingerprint density at radius 3 is 2.80 bits per heavy atom. The van der Waals surface area contributed by atoms with E-state index in [0.29, 0.717) is 6.54 Å². The van der Waals surface area contributed by atoms with E-state index in [0.717, 1.165) is 16.8 Å². The number of aryl methyl sites for hydroxylation is 1. The van der Waals surface area contributed by atoms with Crippen molar-refractivity contribution in [3.05, 3.63) is 46.5 Å². The van der Waals surface area contributed by atoms with Crippen LogP contribution in [0.2, 0.25) is 0 Å². The number of nitrogens with two attached hydrogens (primary N) is 1. The first kappa shape index (κ1) is 11.9. The maximum Gasteiger partial charge on any atom is 0.0801 e. The minimum absolute atomic E-state index is 0.586. The SMILES string of the molecule is C=C/C(=C\C=C(/C)CN)c1scnc1C. The summed E-state index contributed by atoms with van der Waals surface area (Å²) in [5.41, 5.74) is 10.7. The van der Waals surface area contributed by atoms with Crippen molar-refractivity contribution >= 4 is 16.9 Å². The number of hydrogen-bond acceptors (Lipinski definition) is 3. The summed E-state index contributed by atoms with van der Waals surface area (Å²) < 4.78 is 0. The van der Waals surface area contributed by atoms with Crippen molar-refractivity contribution in [2.24, 2.45) is 5.73 Å². The van der Waals surface area contributed by atoms with Crippen LogP contribution in [0.25, 0.3) is 5.57 Å². The molecule has 1 aromatic rings. The average molecular weight is 220 g/mol. The van der Waals surface area contributed by atoms with Crippen LogP contribution >= 0.6 is 11.3 Å². The fourth-order valence-electron chi connectivity index (χ4n) is 1.12. The third-order valence-corrected chi connectivity index (χ3v) is 3.07. The highest BCUT2D eigenvalue weighted by Gasteiger charge is 2.03. The van der Waals surface area contributed by atoms with E-state index in [1.165, 1.54) is 4.88 Å². The molecule has 0 spiro atoms. The lowest BCUT2D eigenvalue weighted by Crippen LogP contribution is -1.98. The van der Waals surface area contributed by atoms with Crippen LogP contribution in [0.3, 0.4) is 0 Å². The summed E-state index contributed by atoms with van der Waals surface area (Å²) in [6.07, 6.45) is 5.91. The molecule has 80 valence electrons. The molecule has 0 radical (unpaired) electrons. The third-order valence-electron chi connectivity index (χ3n) is 2.10. The highest BCUT2D eigenvalue weighted by atomic mass is 32.1. The van der Waals surface area contributed by atoms with E-state index in [1.807, 2.05) is 37.6 Å². The van der Waals surface area contributed by atoms with Gasteiger partial charge in [-0.3, -0.25) is 0 Å². The molecule has 0 fully saturated rings. The lowest BCUT2D eigenvalue weighted by atomic mass is 10.1. The number of thiazole rings is 1. The molecule has 1 aromatic heterocycles. The molecule has 0 amide bonds. The van der Waals surface area contributed by atoms with Gasteiger partial charge in [0, 0.05) is 6.54 Å². The van der Waals surface area contributed by atoms with E-state index in [4.69, 9.17) is 5.73 Å². The minimum atomic E-state index is 0.586. The molecule has 2 nitrogen and oxygen atoms in total. The predicted molar refractivity (Wildman–Crippen MR) is 67.8 cm³/mol. The number of allylic oxidation sites excluding steroid dienone is 4. The van der Waals surface area contributed by atoms with E-state index < -0.39 is 0 Å². The Kier molecular flexibility index (Phi) is 4.46. The smallest absolute Gasteiger partial charge is 0.0801 e. The van der Waals surface area contributed by atoms with Crippen molar-refractivity contribution in [3.63, 3.8) is 0 Å². The van der Waals surface area contributed by atoms with E-state index in [2.05, 4.69) is 11.6 Å². The third kappa shape index (κ3) is 3.15. The summed E-state index contributed by atoms with van der Waals surface area (Å²) >= 11 is 1.63. The van der Waals surface area contributed by atoms with Gasteiger partial charge in [0.2, 0.25) is 0 Å². The molecule has 0 aromatic carbocycles. The van der Waals surface area contributed by atoms with Gasteiger partial charge in [0.1, 0.15) is 0 Å². The summed E-state index contributed by atoms with van der Waals surface area (Å²) in [4.78, 5) is 5.39. The van der Waals surface area contributed by atoms with Crippen LogP contribution in [0.15, 0.2) is 35.9 Å². The number of hydrogen-bond donors (Lipinski definition) is 1. The minimum Gasteiger partial charge on any atom is -0.327 e. The van der Waals surface area contributed by atoms with E-state index in [1.54, 1.807) is 11.3 Å². The number of nitrogens with zero attached hydrogens (tertiary/aromatic N) is 1. The maximum atomic E-state index is 5.52. The monoisotopic (exact) mass is 220 g/mol. The quantitative estimate of drug-likeness (QED) is 0.792. The second-order valence-corrected chi connectivity index (χ2v) is 4.16. The molecule has 0 unspecified atom stereocenters. The van der Waals surface area contributed by atoms with Gasteiger partial charge in [-0.25, -0.2) is 4.98 Å². The molecule has 1 heterocycles. The van der Waals surface area contributed by atoms with Crippen LogP contribution in [-0.2, 0) is 0 Å². The average Bonchev–Trinajstić information content (AvgIpc) is 2.65. The Morgan fingerprint density at radius 1 is 1.60 bits per heavy atom. The molecule has 0 saturated heterocycles. The van der Waals surface area contributed by atoms with Crippen molar-refractivity contribution in [2.75, 3.05) is 6.54 Å². The second kappa shape index (κ2) is 5.63. The number of aromatic nitrogens is 1. The second-order valence-electron chi connectivity index (χ2n) is 3.31.